The second-order valence-electron chi connectivity index (χ2n) is 5.70. The molecule has 2 rings (SSSR count). The van der Waals surface area contributed by atoms with Gasteiger partial charge in [0.25, 0.3) is 0 Å². The highest BCUT2D eigenvalue weighted by Crippen LogP contribution is 2.26. The molecule has 20 heavy (non-hydrogen) atoms. The predicted molar refractivity (Wildman–Crippen MR) is 84.2 cm³/mol. The molecule has 1 aromatic carbocycles. The van der Waals surface area contributed by atoms with Gasteiger partial charge in [-0.1, -0.05) is 37.6 Å². The Hall–Kier alpha value is -0.900. The number of benzene rings is 1. The summed E-state index contributed by atoms with van der Waals surface area (Å²) in [4.78, 5) is 2.48. The molecule has 0 aliphatic carbocycles. The molecule has 3 heteroatoms. The summed E-state index contributed by atoms with van der Waals surface area (Å²) in [5, 5.41) is 3.63. The van der Waals surface area contributed by atoms with Gasteiger partial charge in [-0.3, -0.25) is 4.90 Å². The van der Waals surface area contributed by atoms with Crippen LogP contribution in [0.1, 0.15) is 36.6 Å². The maximum absolute atomic E-state index is 6.07. The summed E-state index contributed by atoms with van der Waals surface area (Å²) in [5.74, 6) is 0. The lowest BCUT2D eigenvalue weighted by Crippen LogP contribution is -2.48. The van der Waals surface area contributed by atoms with E-state index in [1.54, 1.807) is 0 Å². The van der Waals surface area contributed by atoms with Crippen LogP contribution in [0.5, 0.6) is 0 Å². The minimum atomic E-state index is 0.240. The van der Waals surface area contributed by atoms with E-state index in [2.05, 4.69) is 56.1 Å². The van der Waals surface area contributed by atoms with E-state index in [-0.39, 0.29) is 12.1 Å². The molecule has 1 heterocycles. The standard InChI is InChI=1S/C17H28N2O/c1-5-18-17(15-11-13(3)7-8-14(15)4)16-12-19(6-2)9-10-20-16/h7-8,11,16-18H,5-6,9-10,12H2,1-4H3. The number of rotatable bonds is 5. The lowest BCUT2D eigenvalue weighted by atomic mass is 9.94. The Bertz CT molecular complexity index is 433. The largest absolute Gasteiger partial charge is 0.374 e. The lowest BCUT2D eigenvalue weighted by molar-refractivity contribution is -0.0454. The molecule has 0 saturated carbocycles. The van der Waals surface area contributed by atoms with Crippen LogP contribution in [0.2, 0.25) is 0 Å². The van der Waals surface area contributed by atoms with Gasteiger partial charge in [0, 0.05) is 13.1 Å². The highest BCUT2D eigenvalue weighted by Gasteiger charge is 2.29. The highest BCUT2D eigenvalue weighted by molar-refractivity contribution is 5.34. The summed E-state index contributed by atoms with van der Waals surface area (Å²) in [5.41, 5.74) is 4.05. The molecular weight excluding hydrogens is 248 g/mol. The van der Waals surface area contributed by atoms with E-state index in [1.165, 1.54) is 16.7 Å². The fourth-order valence-corrected chi connectivity index (χ4v) is 2.98. The molecule has 1 aromatic rings. The Morgan fingerprint density at radius 1 is 1.35 bits per heavy atom. The van der Waals surface area contributed by atoms with Crippen molar-refractivity contribution in [2.75, 3.05) is 32.8 Å². The molecule has 0 spiro atoms. The quantitative estimate of drug-likeness (QED) is 0.895. The molecule has 1 N–H and O–H groups in total. The molecule has 1 fully saturated rings. The summed E-state index contributed by atoms with van der Waals surface area (Å²) in [7, 11) is 0. The molecule has 1 saturated heterocycles. The maximum atomic E-state index is 6.07. The van der Waals surface area contributed by atoms with Gasteiger partial charge in [-0.15, -0.1) is 0 Å². The molecule has 1 aliphatic rings. The van der Waals surface area contributed by atoms with Crippen LogP contribution in [0, 0.1) is 13.8 Å². The summed E-state index contributed by atoms with van der Waals surface area (Å²) >= 11 is 0. The van der Waals surface area contributed by atoms with Gasteiger partial charge in [-0.25, -0.2) is 0 Å². The van der Waals surface area contributed by atoms with Gasteiger partial charge in [0.2, 0.25) is 0 Å². The molecule has 0 bridgehead atoms. The van der Waals surface area contributed by atoms with E-state index < -0.39 is 0 Å². The topological polar surface area (TPSA) is 24.5 Å². The van der Waals surface area contributed by atoms with Crippen LogP contribution in [0.25, 0.3) is 0 Å². The van der Waals surface area contributed by atoms with Crippen LogP contribution in [-0.2, 0) is 4.74 Å². The van der Waals surface area contributed by atoms with Crippen molar-refractivity contribution >= 4 is 0 Å². The predicted octanol–water partition coefficient (Wildman–Crippen LogP) is 2.67. The zero-order valence-corrected chi connectivity index (χ0v) is 13.3. The van der Waals surface area contributed by atoms with Crippen LogP contribution < -0.4 is 5.32 Å². The van der Waals surface area contributed by atoms with Crippen LogP contribution >= 0.6 is 0 Å². The molecule has 1 aliphatic heterocycles. The Morgan fingerprint density at radius 3 is 2.85 bits per heavy atom. The van der Waals surface area contributed by atoms with E-state index in [0.717, 1.165) is 32.8 Å². The third-order valence-corrected chi connectivity index (χ3v) is 4.19. The molecule has 2 atom stereocenters. The van der Waals surface area contributed by atoms with Crippen LogP contribution in [0.3, 0.4) is 0 Å². The Kier molecular flexibility index (Phi) is 5.58. The zero-order valence-electron chi connectivity index (χ0n) is 13.3. The number of ether oxygens (including phenoxy) is 1. The van der Waals surface area contributed by atoms with Crippen LogP contribution in [-0.4, -0.2) is 43.8 Å². The minimum absolute atomic E-state index is 0.240. The van der Waals surface area contributed by atoms with Crippen LogP contribution in [0.4, 0.5) is 0 Å². The Balaban J connectivity index is 2.23. The molecular formula is C17H28N2O. The van der Waals surface area contributed by atoms with Crippen molar-refractivity contribution in [1.82, 2.24) is 10.2 Å². The van der Waals surface area contributed by atoms with Gasteiger partial charge < -0.3 is 10.1 Å². The number of nitrogens with one attached hydrogen (secondary N) is 1. The van der Waals surface area contributed by atoms with E-state index in [4.69, 9.17) is 4.74 Å². The summed E-state index contributed by atoms with van der Waals surface area (Å²) in [6.45, 7) is 13.7. The Labute approximate surface area is 123 Å². The summed E-state index contributed by atoms with van der Waals surface area (Å²) < 4.78 is 6.07. The number of hydrogen-bond acceptors (Lipinski definition) is 3. The third kappa shape index (κ3) is 3.60. The number of morpholine rings is 1. The van der Waals surface area contributed by atoms with Gasteiger partial charge in [-0.2, -0.15) is 0 Å². The minimum Gasteiger partial charge on any atom is -0.374 e. The Morgan fingerprint density at radius 2 is 2.15 bits per heavy atom. The lowest BCUT2D eigenvalue weighted by Gasteiger charge is -2.37. The maximum Gasteiger partial charge on any atom is 0.0897 e. The molecule has 0 amide bonds. The van der Waals surface area contributed by atoms with E-state index in [9.17, 15) is 0 Å². The van der Waals surface area contributed by atoms with Crippen molar-refractivity contribution in [2.45, 2.75) is 39.8 Å². The fourth-order valence-electron chi connectivity index (χ4n) is 2.98. The van der Waals surface area contributed by atoms with Gasteiger partial charge in [0.1, 0.15) is 0 Å². The molecule has 3 nitrogen and oxygen atoms in total. The van der Waals surface area contributed by atoms with E-state index >= 15 is 0 Å². The van der Waals surface area contributed by atoms with Crippen molar-refractivity contribution in [1.29, 1.82) is 0 Å². The van der Waals surface area contributed by atoms with E-state index in [1.807, 2.05) is 0 Å². The van der Waals surface area contributed by atoms with Gasteiger partial charge in [0.15, 0.2) is 0 Å². The highest BCUT2D eigenvalue weighted by atomic mass is 16.5. The van der Waals surface area contributed by atoms with Gasteiger partial charge >= 0.3 is 0 Å². The van der Waals surface area contributed by atoms with Crippen molar-refractivity contribution in [3.8, 4) is 0 Å². The third-order valence-electron chi connectivity index (χ3n) is 4.19. The van der Waals surface area contributed by atoms with Crippen molar-refractivity contribution in [3.63, 3.8) is 0 Å². The van der Waals surface area contributed by atoms with Crippen molar-refractivity contribution in [3.05, 3.63) is 34.9 Å². The number of likely N-dealkylation sites (N-methyl/N-ethyl adjacent to an activating group) is 2. The average molecular weight is 276 g/mol. The number of nitrogens with zero attached hydrogens (tertiary/aromatic N) is 1. The van der Waals surface area contributed by atoms with Gasteiger partial charge in [-0.05, 0) is 38.1 Å². The first kappa shape index (κ1) is 15.5. The molecule has 112 valence electrons. The van der Waals surface area contributed by atoms with E-state index in [0.29, 0.717) is 0 Å². The van der Waals surface area contributed by atoms with Crippen molar-refractivity contribution < 1.29 is 4.74 Å². The first-order valence-corrected chi connectivity index (χ1v) is 7.80. The second kappa shape index (κ2) is 7.21. The smallest absolute Gasteiger partial charge is 0.0897 e. The van der Waals surface area contributed by atoms with Crippen LogP contribution in [0.15, 0.2) is 18.2 Å². The summed E-state index contributed by atoms with van der Waals surface area (Å²) in [6.07, 6.45) is 0.240. The monoisotopic (exact) mass is 276 g/mol. The zero-order chi connectivity index (χ0) is 14.5. The second-order valence-corrected chi connectivity index (χ2v) is 5.70. The fraction of sp³-hybridized carbons (Fsp3) is 0.647. The number of aryl methyl sites for hydroxylation is 2. The SMILES string of the molecule is CCNC(c1cc(C)ccc1C)C1CN(CC)CCO1. The first-order chi connectivity index (χ1) is 9.65. The van der Waals surface area contributed by atoms with Gasteiger partial charge in [0.05, 0.1) is 18.8 Å². The molecule has 2 unspecified atom stereocenters. The summed E-state index contributed by atoms with van der Waals surface area (Å²) in [6, 6.07) is 6.99. The average Bonchev–Trinajstić information content (AvgIpc) is 2.47. The first-order valence-electron chi connectivity index (χ1n) is 7.80. The molecule has 0 radical (unpaired) electrons. The van der Waals surface area contributed by atoms with Crippen molar-refractivity contribution in [2.24, 2.45) is 0 Å². The normalized spacial score (nSPS) is 21.9. The number of hydrogen-bond donors (Lipinski definition) is 1. The molecule has 0 aromatic heterocycles.